The van der Waals surface area contributed by atoms with Crippen LogP contribution < -0.4 is 10.6 Å². The Morgan fingerprint density at radius 1 is 1.00 bits per heavy atom. The molecule has 0 aromatic heterocycles. The molecule has 2 aliphatic carbocycles. The van der Waals surface area contributed by atoms with Crippen LogP contribution in [0.2, 0.25) is 0 Å². The third-order valence-electron chi connectivity index (χ3n) is 5.60. The van der Waals surface area contributed by atoms with Gasteiger partial charge in [0.25, 0.3) is 5.91 Å². The van der Waals surface area contributed by atoms with Gasteiger partial charge in [-0.25, -0.2) is 0 Å². The van der Waals surface area contributed by atoms with Gasteiger partial charge in [-0.05, 0) is 56.1 Å². The van der Waals surface area contributed by atoms with E-state index in [2.05, 4.69) is 10.6 Å². The van der Waals surface area contributed by atoms with Crippen molar-refractivity contribution in [2.45, 2.75) is 56.3 Å². The van der Waals surface area contributed by atoms with Crippen LogP contribution in [0.1, 0.15) is 61.7 Å². The number of hydrogen-bond acceptors (Lipinski definition) is 4. The standard InChI is InChI=1S/C23H34N2O3S/c26-22(25-15-18-7-2-1-3-8-18)17-29-21-10-5-4-9-20(21)23(27)24-13-6-14-28-16-19-11-12-19/h4-5,9-10,18-19H,1-3,6-8,11-17H2,(H,24,27)(H,25,26). The maximum absolute atomic E-state index is 12.5. The van der Waals surface area contributed by atoms with E-state index in [1.165, 1.54) is 56.7 Å². The predicted octanol–water partition coefficient (Wildman–Crippen LogP) is 4.02. The van der Waals surface area contributed by atoms with Gasteiger partial charge in [0, 0.05) is 31.2 Å². The molecule has 2 N–H and O–H groups in total. The highest BCUT2D eigenvalue weighted by Crippen LogP contribution is 2.28. The van der Waals surface area contributed by atoms with E-state index in [9.17, 15) is 9.59 Å². The maximum atomic E-state index is 12.5. The Morgan fingerprint density at radius 3 is 2.59 bits per heavy atom. The number of ether oxygens (including phenoxy) is 1. The molecule has 2 amide bonds. The lowest BCUT2D eigenvalue weighted by Crippen LogP contribution is -2.31. The van der Waals surface area contributed by atoms with Gasteiger partial charge < -0.3 is 15.4 Å². The van der Waals surface area contributed by atoms with Gasteiger partial charge in [0.1, 0.15) is 0 Å². The van der Waals surface area contributed by atoms with Crippen molar-refractivity contribution in [3.8, 4) is 0 Å². The Kier molecular flexibility index (Phi) is 9.35. The molecule has 0 aliphatic heterocycles. The highest BCUT2D eigenvalue weighted by Gasteiger charge is 2.21. The first-order valence-electron chi connectivity index (χ1n) is 11.1. The lowest BCUT2D eigenvalue weighted by atomic mass is 9.89. The summed E-state index contributed by atoms with van der Waals surface area (Å²) in [5, 5.41) is 6.03. The minimum Gasteiger partial charge on any atom is -0.381 e. The normalized spacial score (nSPS) is 17.1. The zero-order valence-electron chi connectivity index (χ0n) is 17.3. The Labute approximate surface area is 178 Å². The molecule has 0 atom stereocenters. The van der Waals surface area contributed by atoms with E-state index in [0.717, 1.165) is 30.4 Å². The van der Waals surface area contributed by atoms with Crippen LogP contribution in [0, 0.1) is 11.8 Å². The molecule has 0 unspecified atom stereocenters. The largest absolute Gasteiger partial charge is 0.381 e. The molecule has 0 bridgehead atoms. The highest BCUT2D eigenvalue weighted by atomic mass is 32.2. The summed E-state index contributed by atoms with van der Waals surface area (Å²) >= 11 is 1.43. The molecule has 3 rings (SSSR count). The monoisotopic (exact) mass is 418 g/mol. The number of nitrogens with one attached hydrogen (secondary N) is 2. The maximum Gasteiger partial charge on any atom is 0.252 e. The molecule has 0 saturated heterocycles. The Morgan fingerprint density at radius 2 is 1.79 bits per heavy atom. The van der Waals surface area contributed by atoms with Gasteiger partial charge in [-0.3, -0.25) is 9.59 Å². The second kappa shape index (κ2) is 12.2. The van der Waals surface area contributed by atoms with Crippen molar-refractivity contribution in [2.75, 3.05) is 32.1 Å². The van der Waals surface area contributed by atoms with E-state index < -0.39 is 0 Å². The summed E-state index contributed by atoms with van der Waals surface area (Å²) in [5.74, 6) is 1.70. The Hall–Kier alpha value is -1.53. The SMILES string of the molecule is O=C(CSc1ccccc1C(=O)NCCCOCC1CC1)NCC1CCCCC1. The van der Waals surface area contributed by atoms with Gasteiger partial charge >= 0.3 is 0 Å². The van der Waals surface area contributed by atoms with E-state index in [-0.39, 0.29) is 11.8 Å². The van der Waals surface area contributed by atoms with E-state index in [1.807, 2.05) is 24.3 Å². The second-order valence-electron chi connectivity index (χ2n) is 8.22. The van der Waals surface area contributed by atoms with Crippen LogP contribution in [-0.4, -0.2) is 43.9 Å². The van der Waals surface area contributed by atoms with Gasteiger partial charge in [0.15, 0.2) is 0 Å². The van der Waals surface area contributed by atoms with Crippen molar-refractivity contribution >= 4 is 23.6 Å². The van der Waals surface area contributed by atoms with Gasteiger partial charge in [0.2, 0.25) is 5.91 Å². The number of benzene rings is 1. The van der Waals surface area contributed by atoms with Crippen LogP contribution >= 0.6 is 11.8 Å². The van der Waals surface area contributed by atoms with Crippen LogP contribution in [0.4, 0.5) is 0 Å². The second-order valence-corrected chi connectivity index (χ2v) is 9.24. The Balaban J connectivity index is 1.35. The number of carbonyl (C=O) groups is 2. The molecule has 1 aromatic rings. The summed E-state index contributed by atoms with van der Waals surface area (Å²) in [6.07, 6.45) is 9.75. The number of hydrogen-bond donors (Lipinski definition) is 2. The van der Waals surface area contributed by atoms with Crippen LogP contribution in [0.3, 0.4) is 0 Å². The fourth-order valence-corrected chi connectivity index (χ4v) is 4.51. The number of amides is 2. The molecule has 2 fully saturated rings. The summed E-state index contributed by atoms with van der Waals surface area (Å²) in [6, 6.07) is 7.50. The van der Waals surface area contributed by atoms with E-state index in [1.54, 1.807) is 0 Å². The molecule has 29 heavy (non-hydrogen) atoms. The van der Waals surface area contributed by atoms with Crippen LogP contribution in [0.25, 0.3) is 0 Å². The van der Waals surface area contributed by atoms with Crippen molar-refractivity contribution in [3.63, 3.8) is 0 Å². The summed E-state index contributed by atoms with van der Waals surface area (Å²) in [7, 11) is 0. The van der Waals surface area contributed by atoms with Crippen LogP contribution in [0.15, 0.2) is 29.2 Å². The van der Waals surface area contributed by atoms with E-state index in [0.29, 0.717) is 30.4 Å². The number of carbonyl (C=O) groups excluding carboxylic acids is 2. The first-order chi connectivity index (χ1) is 14.2. The summed E-state index contributed by atoms with van der Waals surface area (Å²) in [6.45, 7) is 2.93. The molecule has 0 spiro atoms. The number of thioether (sulfide) groups is 1. The third kappa shape index (κ3) is 8.39. The first-order valence-corrected chi connectivity index (χ1v) is 12.1. The van der Waals surface area contributed by atoms with Crippen molar-refractivity contribution in [1.29, 1.82) is 0 Å². The lowest BCUT2D eigenvalue weighted by Gasteiger charge is -2.21. The third-order valence-corrected chi connectivity index (χ3v) is 6.68. The van der Waals surface area contributed by atoms with Gasteiger partial charge in [-0.2, -0.15) is 0 Å². The molecular formula is C23H34N2O3S. The zero-order chi connectivity index (χ0) is 20.3. The van der Waals surface area contributed by atoms with Gasteiger partial charge in [-0.15, -0.1) is 11.8 Å². The predicted molar refractivity (Wildman–Crippen MR) is 117 cm³/mol. The molecular weight excluding hydrogens is 384 g/mol. The quantitative estimate of drug-likeness (QED) is 0.397. The van der Waals surface area contributed by atoms with E-state index >= 15 is 0 Å². The molecule has 6 heteroatoms. The van der Waals surface area contributed by atoms with Crippen molar-refractivity contribution in [3.05, 3.63) is 29.8 Å². The molecule has 1 aromatic carbocycles. The van der Waals surface area contributed by atoms with Crippen LogP contribution in [-0.2, 0) is 9.53 Å². The first kappa shape index (κ1) is 22.2. The molecule has 5 nitrogen and oxygen atoms in total. The summed E-state index contributed by atoms with van der Waals surface area (Å²) < 4.78 is 5.60. The van der Waals surface area contributed by atoms with Crippen LogP contribution in [0.5, 0.6) is 0 Å². The molecule has 160 valence electrons. The zero-order valence-corrected chi connectivity index (χ0v) is 18.1. The van der Waals surface area contributed by atoms with Crippen molar-refractivity contribution in [2.24, 2.45) is 11.8 Å². The molecule has 0 radical (unpaired) electrons. The van der Waals surface area contributed by atoms with Gasteiger partial charge in [0.05, 0.1) is 11.3 Å². The lowest BCUT2D eigenvalue weighted by molar-refractivity contribution is -0.118. The minimum atomic E-state index is -0.0853. The highest BCUT2D eigenvalue weighted by molar-refractivity contribution is 8.00. The molecule has 0 heterocycles. The van der Waals surface area contributed by atoms with E-state index in [4.69, 9.17) is 4.74 Å². The summed E-state index contributed by atoms with van der Waals surface area (Å²) in [5.41, 5.74) is 0.636. The van der Waals surface area contributed by atoms with Gasteiger partial charge in [-0.1, -0.05) is 31.4 Å². The van der Waals surface area contributed by atoms with Crippen molar-refractivity contribution < 1.29 is 14.3 Å². The van der Waals surface area contributed by atoms with Crippen molar-refractivity contribution in [1.82, 2.24) is 10.6 Å². The average Bonchev–Trinajstić information content (AvgIpc) is 3.58. The molecule has 2 saturated carbocycles. The average molecular weight is 419 g/mol. The fraction of sp³-hybridized carbons (Fsp3) is 0.652. The molecule has 2 aliphatic rings. The summed E-state index contributed by atoms with van der Waals surface area (Å²) in [4.78, 5) is 25.6. The minimum absolute atomic E-state index is 0.0450. The topological polar surface area (TPSA) is 67.4 Å². The number of rotatable bonds is 12. The Bertz CT molecular complexity index is 657. The fourth-order valence-electron chi connectivity index (χ4n) is 3.63. The smallest absolute Gasteiger partial charge is 0.252 e.